The second-order valence-corrected chi connectivity index (χ2v) is 7.72. The number of nitrogens with two attached hydrogens (primary N) is 1. The topological polar surface area (TPSA) is 128 Å². The Morgan fingerprint density at radius 3 is 2.83 bits per heavy atom. The number of amides is 1. The number of carbonyl (C=O) groups is 1. The molecule has 1 amide bonds. The molecule has 2 heterocycles. The van der Waals surface area contributed by atoms with Crippen LogP contribution < -0.4 is 16.7 Å². The standard InChI is InChI=1S/C20H23FN6O3/c1-10-6-13(17(22)29)14(21)8-15(10)24-19-23-9-16-18(25-19)27(20(30)26(16)2)11-4-3-5-12(28)7-11/h6,8-9,11-12,28H,3-5,7H2,1-2H3,(H2,22,29)(H,23,24,25). The molecule has 4 N–H and O–H groups in total. The minimum absolute atomic E-state index is 0.151. The molecule has 1 saturated carbocycles. The first-order valence-electron chi connectivity index (χ1n) is 9.75. The maximum Gasteiger partial charge on any atom is 0.330 e. The molecule has 0 spiro atoms. The maximum absolute atomic E-state index is 14.2. The highest BCUT2D eigenvalue weighted by atomic mass is 19.1. The minimum Gasteiger partial charge on any atom is -0.393 e. The van der Waals surface area contributed by atoms with Crippen LogP contribution in [0.4, 0.5) is 16.0 Å². The Morgan fingerprint density at radius 2 is 2.13 bits per heavy atom. The van der Waals surface area contributed by atoms with Gasteiger partial charge in [0.2, 0.25) is 5.95 Å². The Bertz CT molecular complexity index is 1200. The summed E-state index contributed by atoms with van der Waals surface area (Å²) >= 11 is 0. The molecule has 3 aromatic rings. The first kappa shape index (κ1) is 20.0. The van der Waals surface area contributed by atoms with Gasteiger partial charge in [0.1, 0.15) is 11.3 Å². The fourth-order valence-electron chi connectivity index (χ4n) is 4.02. The lowest BCUT2D eigenvalue weighted by atomic mass is 9.93. The van der Waals surface area contributed by atoms with Crippen LogP contribution in [0.15, 0.2) is 23.1 Å². The van der Waals surface area contributed by atoms with Gasteiger partial charge in [-0.2, -0.15) is 4.98 Å². The van der Waals surface area contributed by atoms with Crippen molar-refractivity contribution in [3.8, 4) is 0 Å². The van der Waals surface area contributed by atoms with Crippen molar-refractivity contribution in [3.63, 3.8) is 0 Å². The van der Waals surface area contributed by atoms with Crippen LogP contribution >= 0.6 is 0 Å². The Balaban J connectivity index is 1.75. The van der Waals surface area contributed by atoms with Gasteiger partial charge in [0.25, 0.3) is 5.91 Å². The highest BCUT2D eigenvalue weighted by molar-refractivity contribution is 5.94. The fraction of sp³-hybridized carbons (Fsp3) is 0.400. The number of hydrogen-bond donors (Lipinski definition) is 3. The molecule has 1 aromatic carbocycles. The van der Waals surface area contributed by atoms with E-state index in [0.29, 0.717) is 28.8 Å². The van der Waals surface area contributed by atoms with E-state index in [1.54, 1.807) is 18.5 Å². The average molecular weight is 414 g/mol. The van der Waals surface area contributed by atoms with Crippen LogP contribution in [0.3, 0.4) is 0 Å². The number of nitrogens with one attached hydrogen (secondary N) is 1. The normalized spacial score (nSPS) is 19.2. The number of carbonyl (C=O) groups excluding carboxylic acids is 1. The van der Waals surface area contributed by atoms with Crippen LogP contribution in [-0.4, -0.2) is 36.2 Å². The molecule has 0 saturated heterocycles. The number of anilines is 2. The Labute approximate surface area is 171 Å². The summed E-state index contributed by atoms with van der Waals surface area (Å²) in [4.78, 5) is 32.9. The minimum atomic E-state index is -0.845. The molecular formula is C20H23FN6O3. The van der Waals surface area contributed by atoms with Gasteiger partial charge in [-0.3, -0.25) is 13.9 Å². The fourth-order valence-corrected chi connectivity index (χ4v) is 4.02. The molecule has 158 valence electrons. The molecule has 30 heavy (non-hydrogen) atoms. The van der Waals surface area contributed by atoms with Gasteiger partial charge in [0.05, 0.1) is 17.9 Å². The summed E-state index contributed by atoms with van der Waals surface area (Å²) in [6.07, 6.45) is 3.91. The number of aromatic nitrogens is 4. The number of rotatable bonds is 4. The zero-order valence-electron chi connectivity index (χ0n) is 16.7. The predicted molar refractivity (Wildman–Crippen MR) is 109 cm³/mol. The molecule has 4 rings (SSSR count). The van der Waals surface area contributed by atoms with Crippen molar-refractivity contribution in [1.29, 1.82) is 0 Å². The van der Waals surface area contributed by atoms with Crippen LogP contribution in [0.5, 0.6) is 0 Å². The number of aliphatic hydroxyl groups is 1. The summed E-state index contributed by atoms with van der Waals surface area (Å²) in [5, 5.41) is 13.0. The average Bonchev–Trinajstić information content (AvgIpc) is 2.94. The predicted octanol–water partition coefficient (Wildman–Crippen LogP) is 1.90. The molecule has 1 fully saturated rings. The highest BCUT2D eigenvalue weighted by Gasteiger charge is 2.26. The molecule has 2 atom stereocenters. The van der Waals surface area contributed by atoms with Gasteiger partial charge in [-0.25, -0.2) is 14.2 Å². The zero-order chi connectivity index (χ0) is 21.6. The Kier molecular flexibility index (Phi) is 5.02. The van der Waals surface area contributed by atoms with Crippen LogP contribution in [0.2, 0.25) is 0 Å². The van der Waals surface area contributed by atoms with Crippen molar-refractivity contribution in [2.75, 3.05) is 5.32 Å². The molecule has 0 aliphatic heterocycles. The summed E-state index contributed by atoms with van der Waals surface area (Å²) < 4.78 is 17.3. The maximum atomic E-state index is 14.2. The number of nitrogens with zero attached hydrogens (tertiary/aromatic N) is 4. The number of primary amides is 1. The van der Waals surface area contributed by atoms with E-state index >= 15 is 0 Å². The van der Waals surface area contributed by atoms with Crippen LogP contribution in [0.25, 0.3) is 11.2 Å². The van der Waals surface area contributed by atoms with Crippen LogP contribution in [0, 0.1) is 12.7 Å². The zero-order valence-corrected chi connectivity index (χ0v) is 16.7. The monoisotopic (exact) mass is 414 g/mol. The van der Waals surface area contributed by atoms with E-state index in [1.807, 2.05) is 0 Å². The summed E-state index contributed by atoms with van der Waals surface area (Å²) in [6.45, 7) is 1.70. The molecule has 1 aliphatic rings. The molecular weight excluding hydrogens is 391 g/mol. The number of hydrogen-bond acceptors (Lipinski definition) is 6. The van der Waals surface area contributed by atoms with Crippen molar-refractivity contribution in [1.82, 2.24) is 19.1 Å². The molecule has 0 radical (unpaired) electrons. The first-order valence-corrected chi connectivity index (χ1v) is 9.75. The van der Waals surface area contributed by atoms with E-state index in [0.717, 1.165) is 19.3 Å². The van der Waals surface area contributed by atoms with Gasteiger partial charge in [-0.15, -0.1) is 0 Å². The smallest absolute Gasteiger partial charge is 0.330 e. The van der Waals surface area contributed by atoms with Crippen molar-refractivity contribution in [3.05, 3.63) is 45.8 Å². The van der Waals surface area contributed by atoms with E-state index in [4.69, 9.17) is 5.73 Å². The van der Waals surface area contributed by atoms with E-state index < -0.39 is 17.8 Å². The van der Waals surface area contributed by atoms with Crippen molar-refractivity contribution < 1.29 is 14.3 Å². The Morgan fingerprint density at radius 1 is 1.37 bits per heavy atom. The molecule has 1 aliphatic carbocycles. The number of fused-ring (bicyclic) bond motifs is 1. The lowest BCUT2D eigenvalue weighted by molar-refractivity contribution is 0.0995. The van der Waals surface area contributed by atoms with E-state index in [9.17, 15) is 19.1 Å². The van der Waals surface area contributed by atoms with Crippen LogP contribution in [0.1, 0.15) is 47.6 Å². The number of imidazole rings is 1. The van der Waals surface area contributed by atoms with Gasteiger partial charge in [0.15, 0.2) is 5.65 Å². The number of aliphatic hydroxyl groups excluding tert-OH is 1. The van der Waals surface area contributed by atoms with Gasteiger partial charge in [-0.05, 0) is 50.3 Å². The van der Waals surface area contributed by atoms with Gasteiger partial charge >= 0.3 is 5.69 Å². The molecule has 9 nitrogen and oxygen atoms in total. The van der Waals surface area contributed by atoms with Crippen LogP contribution in [-0.2, 0) is 7.05 Å². The third kappa shape index (κ3) is 3.43. The third-order valence-corrected chi connectivity index (χ3v) is 5.64. The van der Waals surface area contributed by atoms with Gasteiger partial charge in [0, 0.05) is 18.8 Å². The number of benzene rings is 1. The van der Waals surface area contributed by atoms with Crippen molar-refractivity contribution in [2.24, 2.45) is 12.8 Å². The van der Waals surface area contributed by atoms with Crippen molar-refractivity contribution >= 4 is 28.7 Å². The summed E-state index contributed by atoms with van der Waals surface area (Å²) in [5.74, 6) is -1.40. The quantitative estimate of drug-likeness (QED) is 0.598. The van der Waals surface area contributed by atoms with E-state index in [-0.39, 0.29) is 23.2 Å². The molecule has 2 aromatic heterocycles. The molecule has 10 heteroatoms. The second-order valence-electron chi connectivity index (χ2n) is 7.72. The summed E-state index contributed by atoms with van der Waals surface area (Å²) in [6, 6.07) is 2.38. The SMILES string of the molecule is Cc1cc(C(N)=O)c(F)cc1Nc1ncc2c(n1)n(C1CCCC(O)C1)c(=O)n2C. The summed E-state index contributed by atoms with van der Waals surface area (Å²) in [5.41, 5.74) is 6.77. The second kappa shape index (κ2) is 7.52. The summed E-state index contributed by atoms with van der Waals surface area (Å²) in [7, 11) is 1.65. The van der Waals surface area contributed by atoms with E-state index in [1.165, 1.54) is 22.9 Å². The Hall–Kier alpha value is -3.27. The van der Waals surface area contributed by atoms with Gasteiger partial charge in [-0.1, -0.05) is 0 Å². The largest absolute Gasteiger partial charge is 0.393 e. The lowest BCUT2D eigenvalue weighted by Gasteiger charge is -2.26. The first-order chi connectivity index (χ1) is 14.3. The molecule has 2 unspecified atom stereocenters. The molecule has 0 bridgehead atoms. The lowest BCUT2D eigenvalue weighted by Crippen LogP contribution is -2.31. The third-order valence-electron chi connectivity index (χ3n) is 5.64. The number of halogens is 1. The van der Waals surface area contributed by atoms with Gasteiger partial charge < -0.3 is 16.2 Å². The van der Waals surface area contributed by atoms with E-state index in [2.05, 4.69) is 15.3 Å². The highest BCUT2D eigenvalue weighted by Crippen LogP contribution is 2.30. The number of aryl methyl sites for hydroxylation is 2. The van der Waals surface area contributed by atoms with Crippen molar-refractivity contribution in [2.45, 2.75) is 44.8 Å².